The van der Waals surface area contributed by atoms with E-state index in [0.717, 1.165) is 0 Å². The number of hydrogen-bond donors (Lipinski definition) is 0. The molecule has 0 aromatic heterocycles. The fourth-order valence-electron chi connectivity index (χ4n) is 4.18. The Hall–Kier alpha value is -1.58. The average molecular weight is 302 g/mol. The molecule has 0 radical (unpaired) electrons. The number of nitrogens with zero attached hydrogens (tertiary/aromatic N) is 2. The Balaban J connectivity index is 1.84. The molecule has 0 atom stereocenters. The third-order valence-electron chi connectivity index (χ3n) is 5.29. The fraction of sp³-hybridized carbons (Fsp3) is 0.667. The standard InChI is InChI=1S/C18H26N2O2/c21-20(22)18-13-11-17(12-14-18)19(15-7-3-1-4-8-15)16-9-5-2-6-10-16/h11-16H,1-10H2. The molecule has 0 aliphatic heterocycles. The van der Waals surface area contributed by atoms with Gasteiger partial charge >= 0.3 is 0 Å². The first kappa shape index (κ1) is 15.3. The largest absolute Gasteiger partial charge is 0.366 e. The minimum absolute atomic E-state index is 0.191. The molecule has 120 valence electrons. The van der Waals surface area contributed by atoms with Crippen molar-refractivity contribution < 1.29 is 4.92 Å². The van der Waals surface area contributed by atoms with Crippen molar-refractivity contribution in [1.82, 2.24) is 0 Å². The zero-order valence-electron chi connectivity index (χ0n) is 13.2. The summed E-state index contributed by atoms with van der Waals surface area (Å²) in [5.74, 6) is 0. The molecular formula is C18H26N2O2. The van der Waals surface area contributed by atoms with Crippen LogP contribution in [-0.2, 0) is 0 Å². The molecule has 4 nitrogen and oxygen atoms in total. The molecule has 22 heavy (non-hydrogen) atoms. The highest BCUT2D eigenvalue weighted by molar-refractivity contribution is 5.52. The maximum atomic E-state index is 10.9. The lowest BCUT2D eigenvalue weighted by molar-refractivity contribution is -0.384. The Bertz CT molecular complexity index is 470. The second-order valence-electron chi connectivity index (χ2n) is 6.76. The lowest BCUT2D eigenvalue weighted by Gasteiger charge is -2.43. The Morgan fingerprint density at radius 1 is 0.818 bits per heavy atom. The molecule has 2 fully saturated rings. The van der Waals surface area contributed by atoms with E-state index in [1.54, 1.807) is 12.1 Å². The Morgan fingerprint density at radius 2 is 1.27 bits per heavy atom. The van der Waals surface area contributed by atoms with E-state index in [1.165, 1.54) is 69.9 Å². The smallest absolute Gasteiger partial charge is 0.269 e. The van der Waals surface area contributed by atoms with E-state index in [2.05, 4.69) is 4.90 Å². The van der Waals surface area contributed by atoms with Crippen molar-refractivity contribution in [2.75, 3.05) is 4.90 Å². The molecule has 1 aromatic rings. The summed E-state index contributed by atoms with van der Waals surface area (Å²) in [5.41, 5.74) is 1.38. The Morgan fingerprint density at radius 3 is 1.68 bits per heavy atom. The van der Waals surface area contributed by atoms with Crippen molar-refractivity contribution in [1.29, 1.82) is 0 Å². The van der Waals surface area contributed by atoms with Gasteiger partial charge in [-0.15, -0.1) is 0 Å². The number of anilines is 1. The molecule has 2 aliphatic carbocycles. The van der Waals surface area contributed by atoms with E-state index in [-0.39, 0.29) is 10.6 Å². The van der Waals surface area contributed by atoms with E-state index in [1.807, 2.05) is 12.1 Å². The van der Waals surface area contributed by atoms with Gasteiger partial charge < -0.3 is 4.90 Å². The first-order chi connectivity index (χ1) is 10.8. The molecule has 4 heteroatoms. The van der Waals surface area contributed by atoms with Crippen LogP contribution >= 0.6 is 0 Å². The van der Waals surface area contributed by atoms with Crippen LogP contribution in [0.25, 0.3) is 0 Å². The van der Waals surface area contributed by atoms with E-state index in [4.69, 9.17) is 0 Å². The van der Waals surface area contributed by atoms with Gasteiger partial charge in [-0.1, -0.05) is 38.5 Å². The van der Waals surface area contributed by atoms with Gasteiger partial charge in [-0.25, -0.2) is 0 Å². The highest BCUT2D eigenvalue weighted by Crippen LogP contribution is 2.34. The summed E-state index contributed by atoms with van der Waals surface area (Å²) in [5, 5.41) is 10.9. The van der Waals surface area contributed by atoms with Gasteiger partial charge in [0.1, 0.15) is 0 Å². The van der Waals surface area contributed by atoms with Crippen LogP contribution < -0.4 is 4.90 Å². The van der Waals surface area contributed by atoms with Gasteiger partial charge in [0.25, 0.3) is 5.69 Å². The van der Waals surface area contributed by atoms with Crippen LogP contribution in [0.15, 0.2) is 24.3 Å². The van der Waals surface area contributed by atoms with Crippen LogP contribution in [0.2, 0.25) is 0 Å². The molecule has 0 heterocycles. The van der Waals surface area contributed by atoms with Crippen molar-refractivity contribution >= 4 is 11.4 Å². The molecular weight excluding hydrogens is 276 g/mol. The van der Waals surface area contributed by atoms with Crippen LogP contribution in [0, 0.1) is 10.1 Å². The van der Waals surface area contributed by atoms with Crippen molar-refractivity contribution in [2.45, 2.75) is 76.3 Å². The van der Waals surface area contributed by atoms with Gasteiger partial charge in [0.05, 0.1) is 4.92 Å². The van der Waals surface area contributed by atoms with Crippen LogP contribution in [0.5, 0.6) is 0 Å². The van der Waals surface area contributed by atoms with E-state index >= 15 is 0 Å². The topological polar surface area (TPSA) is 46.4 Å². The lowest BCUT2D eigenvalue weighted by Crippen LogP contribution is -2.45. The summed E-state index contributed by atoms with van der Waals surface area (Å²) in [6.07, 6.45) is 13.1. The van der Waals surface area contributed by atoms with Crippen molar-refractivity contribution in [3.05, 3.63) is 34.4 Å². The second-order valence-corrected chi connectivity index (χ2v) is 6.76. The van der Waals surface area contributed by atoms with Gasteiger partial charge in [-0.3, -0.25) is 10.1 Å². The number of nitro groups is 1. The third-order valence-corrected chi connectivity index (χ3v) is 5.29. The number of rotatable bonds is 4. The predicted molar refractivity (Wildman–Crippen MR) is 89.3 cm³/mol. The summed E-state index contributed by atoms with van der Waals surface area (Å²) in [6.45, 7) is 0. The van der Waals surface area contributed by atoms with Crippen LogP contribution in [0.3, 0.4) is 0 Å². The van der Waals surface area contributed by atoms with Gasteiger partial charge in [0.15, 0.2) is 0 Å². The van der Waals surface area contributed by atoms with Crippen molar-refractivity contribution in [3.8, 4) is 0 Å². The molecule has 0 amide bonds. The van der Waals surface area contributed by atoms with E-state index < -0.39 is 0 Å². The lowest BCUT2D eigenvalue weighted by atomic mass is 9.88. The maximum absolute atomic E-state index is 10.9. The fourth-order valence-corrected chi connectivity index (χ4v) is 4.18. The molecule has 1 aromatic carbocycles. The minimum atomic E-state index is -0.310. The Labute approximate surface area is 132 Å². The quantitative estimate of drug-likeness (QED) is 0.576. The van der Waals surface area contributed by atoms with Crippen LogP contribution in [-0.4, -0.2) is 17.0 Å². The second kappa shape index (κ2) is 7.12. The first-order valence-corrected chi connectivity index (χ1v) is 8.78. The van der Waals surface area contributed by atoms with Crippen molar-refractivity contribution in [2.24, 2.45) is 0 Å². The SMILES string of the molecule is O=[N+]([O-])c1ccc(N(C2CCCCC2)C2CCCCC2)cc1. The molecule has 3 rings (SSSR count). The summed E-state index contributed by atoms with van der Waals surface area (Å²) in [7, 11) is 0. The molecule has 2 saturated carbocycles. The molecule has 0 unspecified atom stereocenters. The van der Waals surface area contributed by atoms with Gasteiger partial charge in [-0.2, -0.15) is 0 Å². The van der Waals surface area contributed by atoms with E-state index in [0.29, 0.717) is 12.1 Å². The zero-order chi connectivity index (χ0) is 15.4. The number of hydrogen-bond acceptors (Lipinski definition) is 3. The monoisotopic (exact) mass is 302 g/mol. The summed E-state index contributed by atoms with van der Waals surface area (Å²) in [4.78, 5) is 13.2. The highest BCUT2D eigenvalue weighted by Gasteiger charge is 2.29. The molecule has 0 bridgehead atoms. The number of benzene rings is 1. The number of non-ortho nitro benzene ring substituents is 1. The van der Waals surface area contributed by atoms with Crippen molar-refractivity contribution in [3.63, 3.8) is 0 Å². The normalized spacial score (nSPS) is 20.7. The molecule has 0 saturated heterocycles. The highest BCUT2D eigenvalue weighted by atomic mass is 16.6. The minimum Gasteiger partial charge on any atom is -0.366 e. The third kappa shape index (κ3) is 3.42. The average Bonchev–Trinajstić information content (AvgIpc) is 2.57. The maximum Gasteiger partial charge on any atom is 0.269 e. The predicted octanol–water partition coefficient (Wildman–Crippen LogP) is 5.07. The van der Waals surface area contributed by atoms with Gasteiger partial charge in [0.2, 0.25) is 0 Å². The zero-order valence-corrected chi connectivity index (χ0v) is 13.2. The Kier molecular flexibility index (Phi) is 4.96. The number of nitro benzene ring substituents is 1. The summed E-state index contributed by atoms with van der Waals surface area (Å²) >= 11 is 0. The van der Waals surface area contributed by atoms with Crippen LogP contribution in [0.4, 0.5) is 11.4 Å². The first-order valence-electron chi connectivity index (χ1n) is 8.78. The van der Waals surface area contributed by atoms with Crippen LogP contribution in [0.1, 0.15) is 64.2 Å². The van der Waals surface area contributed by atoms with Gasteiger partial charge in [0, 0.05) is 29.9 Å². The molecule has 0 spiro atoms. The summed E-state index contributed by atoms with van der Waals surface area (Å²) in [6, 6.07) is 8.49. The molecule has 2 aliphatic rings. The van der Waals surface area contributed by atoms with E-state index in [9.17, 15) is 10.1 Å². The summed E-state index contributed by atoms with van der Waals surface area (Å²) < 4.78 is 0. The van der Waals surface area contributed by atoms with Gasteiger partial charge in [-0.05, 0) is 37.8 Å². The molecule has 0 N–H and O–H groups in total.